The summed E-state index contributed by atoms with van der Waals surface area (Å²) in [6.45, 7) is 9.60. The molecule has 3 nitrogen and oxygen atoms in total. The second-order valence-electron chi connectivity index (χ2n) is 6.34. The van der Waals surface area contributed by atoms with Gasteiger partial charge in [-0.25, -0.2) is 8.42 Å². The van der Waals surface area contributed by atoms with E-state index >= 15 is 0 Å². The van der Waals surface area contributed by atoms with E-state index in [0.29, 0.717) is 18.0 Å². The van der Waals surface area contributed by atoms with Crippen LogP contribution in [0.15, 0.2) is 23.1 Å². The van der Waals surface area contributed by atoms with Crippen molar-refractivity contribution in [3.63, 3.8) is 0 Å². The molecule has 0 bridgehead atoms. The second kappa shape index (κ2) is 4.91. The highest BCUT2D eigenvalue weighted by Gasteiger charge is 2.28. The maximum absolute atomic E-state index is 12.5. The summed E-state index contributed by atoms with van der Waals surface area (Å²) in [5, 5.41) is 0. The van der Waals surface area contributed by atoms with Crippen molar-refractivity contribution in [1.82, 2.24) is 4.31 Å². The van der Waals surface area contributed by atoms with Crippen LogP contribution in [-0.4, -0.2) is 25.8 Å². The Morgan fingerprint density at radius 3 is 2.16 bits per heavy atom. The van der Waals surface area contributed by atoms with Crippen molar-refractivity contribution >= 4 is 10.0 Å². The highest BCUT2D eigenvalue weighted by Crippen LogP contribution is 2.28. The Labute approximate surface area is 116 Å². The summed E-state index contributed by atoms with van der Waals surface area (Å²) in [6.07, 6.45) is 1.94. The topological polar surface area (TPSA) is 37.4 Å². The Morgan fingerprint density at radius 1 is 1.11 bits per heavy atom. The zero-order chi connectivity index (χ0) is 14.3. The van der Waals surface area contributed by atoms with Crippen LogP contribution in [0.2, 0.25) is 0 Å². The Bertz CT molecular complexity index is 564. The van der Waals surface area contributed by atoms with Gasteiger partial charge in [-0.1, -0.05) is 32.9 Å². The van der Waals surface area contributed by atoms with E-state index in [1.165, 1.54) is 5.56 Å². The van der Waals surface area contributed by atoms with Crippen LogP contribution >= 0.6 is 0 Å². The third-order valence-corrected chi connectivity index (χ3v) is 5.78. The molecule has 0 radical (unpaired) electrons. The summed E-state index contributed by atoms with van der Waals surface area (Å²) in [6, 6.07) is 5.71. The predicted octanol–water partition coefficient (Wildman–Crippen LogP) is 3.08. The molecule has 106 valence electrons. The lowest BCUT2D eigenvalue weighted by Crippen LogP contribution is -2.28. The van der Waals surface area contributed by atoms with Crippen molar-refractivity contribution in [3.05, 3.63) is 29.3 Å². The number of hydrogen-bond donors (Lipinski definition) is 0. The van der Waals surface area contributed by atoms with Crippen molar-refractivity contribution in [1.29, 1.82) is 0 Å². The average Bonchev–Trinajstić information content (AvgIpc) is 2.81. The molecule has 1 saturated heterocycles. The van der Waals surface area contributed by atoms with E-state index in [9.17, 15) is 8.42 Å². The largest absolute Gasteiger partial charge is 0.243 e. The van der Waals surface area contributed by atoms with Gasteiger partial charge >= 0.3 is 0 Å². The molecular formula is C15H23NO2S. The van der Waals surface area contributed by atoms with Crippen LogP contribution in [0.3, 0.4) is 0 Å². The number of benzene rings is 1. The van der Waals surface area contributed by atoms with Crippen molar-refractivity contribution < 1.29 is 8.42 Å². The number of sulfonamides is 1. The molecule has 0 spiro atoms. The Hall–Kier alpha value is -0.870. The first-order chi connectivity index (χ1) is 8.73. The molecule has 0 atom stereocenters. The van der Waals surface area contributed by atoms with Gasteiger partial charge < -0.3 is 0 Å². The molecule has 0 aromatic heterocycles. The van der Waals surface area contributed by atoms with Crippen molar-refractivity contribution in [2.75, 3.05) is 13.1 Å². The van der Waals surface area contributed by atoms with Crippen molar-refractivity contribution in [2.45, 2.75) is 50.8 Å². The molecule has 1 aromatic rings. The quantitative estimate of drug-likeness (QED) is 0.835. The Morgan fingerprint density at radius 2 is 1.68 bits per heavy atom. The lowest BCUT2D eigenvalue weighted by atomic mass is 9.86. The van der Waals surface area contributed by atoms with Gasteiger partial charge in [0.25, 0.3) is 0 Å². The van der Waals surface area contributed by atoms with E-state index < -0.39 is 10.0 Å². The standard InChI is InChI=1S/C15H23NO2S/c1-12-11-13(15(2,3)4)7-8-14(12)19(17,18)16-9-5-6-10-16/h7-8,11H,5-6,9-10H2,1-4H3. The predicted molar refractivity (Wildman–Crippen MR) is 77.9 cm³/mol. The number of nitrogens with zero attached hydrogens (tertiary/aromatic N) is 1. The number of rotatable bonds is 2. The normalized spacial score (nSPS) is 17.9. The van der Waals surface area contributed by atoms with Crippen molar-refractivity contribution in [2.24, 2.45) is 0 Å². The summed E-state index contributed by atoms with van der Waals surface area (Å²) >= 11 is 0. The minimum atomic E-state index is -3.30. The van der Waals surface area contributed by atoms with Gasteiger partial charge in [-0.05, 0) is 42.4 Å². The molecule has 4 heteroatoms. The van der Waals surface area contributed by atoms with Crippen LogP contribution in [0.5, 0.6) is 0 Å². The molecular weight excluding hydrogens is 258 g/mol. The van der Waals surface area contributed by atoms with Crippen LogP contribution in [0.25, 0.3) is 0 Å². The van der Waals surface area contributed by atoms with Gasteiger partial charge in [0.1, 0.15) is 0 Å². The monoisotopic (exact) mass is 281 g/mol. The van der Waals surface area contributed by atoms with Gasteiger partial charge in [0.2, 0.25) is 10.0 Å². The third-order valence-electron chi connectivity index (χ3n) is 3.72. The fourth-order valence-corrected chi connectivity index (χ4v) is 4.20. The van der Waals surface area contributed by atoms with Gasteiger partial charge in [0, 0.05) is 13.1 Å². The van der Waals surface area contributed by atoms with Crippen LogP contribution in [0.4, 0.5) is 0 Å². The summed E-state index contributed by atoms with van der Waals surface area (Å²) in [7, 11) is -3.30. The van der Waals surface area contributed by atoms with Crippen molar-refractivity contribution in [3.8, 4) is 0 Å². The maximum Gasteiger partial charge on any atom is 0.243 e. The van der Waals surface area contributed by atoms with E-state index in [1.807, 2.05) is 19.1 Å². The average molecular weight is 281 g/mol. The number of hydrogen-bond acceptors (Lipinski definition) is 2. The highest BCUT2D eigenvalue weighted by molar-refractivity contribution is 7.89. The summed E-state index contributed by atoms with van der Waals surface area (Å²) < 4.78 is 26.7. The van der Waals surface area contributed by atoms with E-state index in [0.717, 1.165) is 18.4 Å². The molecule has 1 fully saturated rings. The minimum absolute atomic E-state index is 0.0424. The molecule has 2 rings (SSSR count). The Balaban J connectivity index is 2.41. The fourth-order valence-electron chi connectivity index (χ4n) is 2.47. The van der Waals surface area contributed by atoms with Gasteiger partial charge in [-0.3, -0.25) is 0 Å². The minimum Gasteiger partial charge on any atom is -0.207 e. The molecule has 1 heterocycles. The smallest absolute Gasteiger partial charge is 0.207 e. The van der Waals surface area contributed by atoms with Crippen LogP contribution in [0, 0.1) is 6.92 Å². The maximum atomic E-state index is 12.5. The van der Waals surface area contributed by atoms with Gasteiger partial charge in [-0.15, -0.1) is 0 Å². The van der Waals surface area contributed by atoms with E-state index in [1.54, 1.807) is 10.4 Å². The van der Waals surface area contributed by atoms with Gasteiger partial charge in [0.15, 0.2) is 0 Å². The van der Waals surface area contributed by atoms with Crippen LogP contribution < -0.4 is 0 Å². The molecule has 1 aliphatic heterocycles. The fraction of sp³-hybridized carbons (Fsp3) is 0.600. The van der Waals surface area contributed by atoms with Crippen LogP contribution in [0.1, 0.15) is 44.7 Å². The second-order valence-corrected chi connectivity index (χ2v) is 8.25. The van der Waals surface area contributed by atoms with E-state index in [4.69, 9.17) is 0 Å². The van der Waals surface area contributed by atoms with E-state index in [-0.39, 0.29) is 5.41 Å². The summed E-state index contributed by atoms with van der Waals surface area (Å²) in [5.41, 5.74) is 2.06. The molecule has 1 aliphatic rings. The lowest BCUT2D eigenvalue weighted by molar-refractivity contribution is 0.476. The Kier molecular flexibility index (Phi) is 3.76. The summed E-state index contributed by atoms with van der Waals surface area (Å²) in [5.74, 6) is 0. The highest BCUT2D eigenvalue weighted by atomic mass is 32.2. The lowest BCUT2D eigenvalue weighted by Gasteiger charge is -2.22. The first kappa shape index (κ1) is 14.5. The molecule has 0 N–H and O–H groups in total. The van der Waals surface area contributed by atoms with E-state index in [2.05, 4.69) is 20.8 Å². The molecule has 0 amide bonds. The molecule has 0 unspecified atom stereocenters. The molecule has 0 aliphatic carbocycles. The summed E-state index contributed by atoms with van der Waals surface area (Å²) in [4.78, 5) is 0.461. The first-order valence-corrected chi connectivity index (χ1v) is 8.28. The van der Waals surface area contributed by atoms with Gasteiger partial charge in [-0.2, -0.15) is 4.31 Å². The SMILES string of the molecule is Cc1cc(C(C)(C)C)ccc1S(=O)(=O)N1CCCC1. The molecule has 19 heavy (non-hydrogen) atoms. The van der Waals surface area contributed by atoms with Gasteiger partial charge in [0.05, 0.1) is 4.90 Å². The molecule has 0 saturated carbocycles. The van der Waals surface area contributed by atoms with Crippen LogP contribution in [-0.2, 0) is 15.4 Å². The first-order valence-electron chi connectivity index (χ1n) is 6.84. The zero-order valence-electron chi connectivity index (χ0n) is 12.2. The zero-order valence-corrected chi connectivity index (χ0v) is 13.0. The molecule has 1 aromatic carbocycles. The number of aryl methyl sites for hydroxylation is 1. The third kappa shape index (κ3) is 2.84.